The summed E-state index contributed by atoms with van der Waals surface area (Å²) >= 11 is 0. The van der Waals surface area contributed by atoms with Crippen LogP contribution < -0.4 is 29.6 Å². The molecule has 0 aliphatic carbocycles. The summed E-state index contributed by atoms with van der Waals surface area (Å²) in [6, 6.07) is 0. The van der Waals surface area contributed by atoms with Crippen molar-refractivity contribution in [3.63, 3.8) is 0 Å². The number of hydrogen-bond acceptors (Lipinski definition) is 4. The Morgan fingerprint density at radius 1 is 1.55 bits per heavy atom. The molecule has 1 aliphatic heterocycles. The Morgan fingerprint density at radius 3 is 2.18 bits per heavy atom. The van der Waals surface area contributed by atoms with Gasteiger partial charge in [0.25, 0.3) is 0 Å². The van der Waals surface area contributed by atoms with Gasteiger partial charge >= 0.3 is 35.5 Å². The van der Waals surface area contributed by atoms with Crippen LogP contribution in [0.1, 0.15) is 12.8 Å². The molecule has 1 aliphatic rings. The molecule has 0 aromatic heterocycles. The van der Waals surface area contributed by atoms with Crippen molar-refractivity contribution in [3.8, 4) is 0 Å². The van der Waals surface area contributed by atoms with Crippen LogP contribution in [0.5, 0.6) is 0 Å². The fourth-order valence-electron chi connectivity index (χ4n) is 0.475. The summed E-state index contributed by atoms with van der Waals surface area (Å²) in [5.74, 6) is -0.0463. The molecule has 1 fully saturated rings. The molecule has 0 aromatic carbocycles. The summed E-state index contributed by atoms with van der Waals surface area (Å²) in [6.07, 6.45) is 2.61. The Kier molecular flexibility index (Phi) is 12.0. The maximum absolute atomic E-state index is 10.0. The van der Waals surface area contributed by atoms with E-state index >= 15 is 0 Å². The summed E-state index contributed by atoms with van der Waals surface area (Å²) in [5.41, 5.74) is 0. The van der Waals surface area contributed by atoms with Crippen LogP contribution in [0.25, 0.3) is 0 Å². The van der Waals surface area contributed by atoms with Crippen LogP contribution in [-0.4, -0.2) is 25.1 Å². The molecule has 0 amide bonds. The average Bonchev–Trinajstić information content (AvgIpc) is 2.40. The third-order valence-electron chi connectivity index (χ3n) is 0.836. The maximum Gasteiger partial charge on any atom is 1.00 e. The molecular weight excluding hydrogens is 159 g/mol. The minimum absolute atomic E-state index is 0. The molecule has 0 radical (unpaired) electrons. The SMILES string of the molecule is O=C1CCCO1.O=[C-]C=O.[Na+]. The van der Waals surface area contributed by atoms with E-state index in [0.717, 1.165) is 12.7 Å². The van der Waals surface area contributed by atoms with Crippen LogP contribution in [0.4, 0.5) is 0 Å². The fourth-order valence-corrected chi connectivity index (χ4v) is 0.475. The largest absolute Gasteiger partial charge is 1.00 e. The van der Waals surface area contributed by atoms with Gasteiger partial charge in [-0.25, -0.2) is 0 Å². The molecule has 0 N–H and O–H groups in total. The number of cyclic esters (lactones) is 1. The van der Waals surface area contributed by atoms with E-state index in [4.69, 9.17) is 9.59 Å². The summed E-state index contributed by atoms with van der Waals surface area (Å²) in [6.45, 7) is 0.638. The van der Waals surface area contributed by atoms with Gasteiger partial charge in [0.15, 0.2) is 0 Å². The zero-order chi connectivity index (χ0) is 7.82. The van der Waals surface area contributed by atoms with Crippen molar-refractivity contribution < 1.29 is 48.7 Å². The van der Waals surface area contributed by atoms with Gasteiger partial charge in [-0.3, -0.25) is 4.79 Å². The molecule has 4 nitrogen and oxygen atoms in total. The molecular formula is C6H7NaO4. The van der Waals surface area contributed by atoms with Gasteiger partial charge in [0.05, 0.1) is 6.61 Å². The first-order valence-corrected chi connectivity index (χ1v) is 2.78. The third kappa shape index (κ3) is 9.81. The Hall–Kier alpha value is -0.190. The molecule has 56 valence electrons. The zero-order valence-electron chi connectivity index (χ0n) is 6.33. The first kappa shape index (κ1) is 13.4. The topological polar surface area (TPSA) is 60.4 Å². The summed E-state index contributed by atoms with van der Waals surface area (Å²) in [7, 11) is 0. The van der Waals surface area contributed by atoms with Crippen molar-refractivity contribution in [2.24, 2.45) is 0 Å². The minimum Gasteiger partial charge on any atom is -0.534 e. The van der Waals surface area contributed by atoms with Crippen LogP contribution >= 0.6 is 0 Å². The number of rotatable bonds is 1. The number of esters is 1. The number of carbonyl (C=O) groups is 2. The average molecular weight is 166 g/mol. The van der Waals surface area contributed by atoms with Crippen molar-refractivity contribution in [1.29, 1.82) is 0 Å². The van der Waals surface area contributed by atoms with Crippen LogP contribution in [0.2, 0.25) is 0 Å². The Morgan fingerprint density at radius 2 is 2.09 bits per heavy atom. The van der Waals surface area contributed by atoms with E-state index < -0.39 is 0 Å². The summed E-state index contributed by atoms with van der Waals surface area (Å²) in [5, 5.41) is 0. The Labute approximate surface area is 86.6 Å². The maximum atomic E-state index is 10.0. The van der Waals surface area contributed by atoms with Crippen molar-refractivity contribution in [2.45, 2.75) is 12.8 Å². The van der Waals surface area contributed by atoms with Gasteiger partial charge < -0.3 is 14.3 Å². The second-order valence-electron chi connectivity index (χ2n) is 1.56. The number of aldehydes is 1. The summed E-state index contributed by atoms with van der Waals surface area (Å²) < 4.78 is 4.51. The zero-order valence-corrected chi connectivity index (χ0v) is 8.33. The van der Waals surface area contributed by atoms with Gasteiger partial charge in [-0.15, -0.1) is 0 Å². The first-order valence-electron chi connectivity index (χ1n) is 2.78. The molecule has 11 heavy (non-hydrogen) atoms. The van der Waals surface area contributed by atoms with Crippen molar-refractivity contribution >= 4 is 18.5 Å². The Bertz CT molecular complexity index is 121. The number of carbonyl (C=O) groups excluding carboxylic acids is 3. The van der Waals surface area contributed by atoms with Crippen molar-refractivity contribution in [1.82, 2.24) is 0 Å². The van der Waals surface area contributed by atoms with Gasteiger partial charge in [-0.1, -0.05) is 0 Å². The van der Waals surface area contributed by atoms with Crippen LogP contribution in [0.3, 0.4) is 0 Å². The van der Waals surface area contributed by atoms with Crippen molar-refractivity contribution in [2.75, 3.05) is 6.61 Å². The van der Waals surface area contributed by atoms with E-state index in [1.165, 1.54) is 0 Å². The second-order valence-corrected chi connectivity index (χ2v) is 1.56. The normalized spacial score (nSPS) is 13.3. The van der Waals surface area contributed by atoms with E-state index in [-0.39, 0.29) is 41.8 Å². The fraction of sp³-hybridized carbons (Fsp3) is 0.500. The smallest absolute Gasteiger partial charge is 0.534 e. The predicted molar refractivity (Wildman–Crippen MR) is 32.0 cm³/mol. The predicted octanol–water partition coefficient (Wildman–Crippen LogP) is -3.38. The molecule has 0 atom stereocenters. The standard InChI is InChI=1S/C4H6O2.C2HO2.Na/c5-4-2-1-3-6-4;3-1-2-4;/h1-3H2;1H;/q;-1;+1. The summed E-state index contributed by atoms with van der Waals surface area (Å²) in [4.78, 5) is 27.5. The molecule has 0 unspecified atom stereocenters. The van der Waals surface area contributed by atoms with Gasteiger partial charge in [0, 0.05) is 12.7 Å². The van der Waals surface area contributed by atoms with Gasteiger partial charge in [0.1, 0.15) is 0 Å². The minimum atomic E-state index is -0.0463. The molecule has 5 heteroatoms. The van der Waals surface area contributed by atoms with Crippen LogP contribution in [0, 0.1) is 0 Å². The quantitative estimate of drug-likeness (QED) is 0.134. The monoisotopic (exact) mass is 166 g/mol. The van der Waals surface area contributed by atoms with E-state index in [2.05, 4.69) is 4.74 Å². The number of hydrogen-bond donors (Lipinski definition) is 0. The molecule has 0 saturated carbocycles. The van der Waals surface area contributed by atoms with Gasteiger partial charge in [0.2, 0.25) is 0 Å². The van der Waals surface area contributed by atoms with E-state index in [1.54, 1.807) is 0 Å². The first-order chi connectivity index (χ1) is 4.81. The van der Waals surface area contributed by atoms with E-state index in [9.17, 15) is 4.79 Å². The molecule has 0 aromatic rings. The molecule has 1 rings (SSSR count). The van der Waals surface area contributed by atoms with Crippen molar-refractivity contribution in [3.05, 3.63) is 0 Å². The second kappa shape index (κ2) is 9.81. The van der Waals surface area contributed by atoms with E-state index in [0.29, 0.717) is 13.0 Å². The Balaban J connectivity index is 0. The van der Waals surface area contributed by atoms with Gasteiger partial charge in [-0.2, -0.15) is 6.29 Å². The van der Waals surface area contributed by atoms with Gasteiger partial charge in [-0.05, 0) is 6.42 Å². The molecule has 1 heterocycles. The molecule has 0 spiro atoms. The van der Waals surface area contributed by atoms with E-state index in [1.807, 2.05) is 0 Å². The number of ether oxygens (including phenoxy) is 1. The third-order valence-corrected chi connectivity index (χ3v) is 0.836. The van der Waals surface area contributed by atoms with Crippen LogP contribution in [0.15, 0.2) is 0 Å². The molecule has 1 saturated heterocycles. The van der Waals surface area contributed by atoms with Crippen LogP contribution in [-0.2, 0) is 19.1 Å². The molecule has 0 bridgehead atoms.